The van der Waals surface area contributed by atoms with E-state index in [9.17, 15) is 0 Å². The van der Waals surface area contributed by atoms with Crippen LogP contribution in [0, 0.1) is 5.41 Å². The quantitative estimate of drug-likeness (QED) is 0.809. The molecule has 2 aliphatic carbocycles. The highest BCUT2D eigenvalue weighted by molar-refractivity contribution is 5.51. The lowest BCUT2D eigenvalue weighted by Gasteiger charge is -2.38. The molecular formula is C19H29NO. The van der Waals surface area contributed by atoms with Crippen LogP contribution in [0.25, 0.3) is 0 Å². The first-order chi connectivity index (χ1) is 10.3. The smallest absolute Gasteiger partial charge is 0.0736 e. The van der Waals surface area contributed by atoms with Gasteiger partial charge in [0, 0.05) is 23.9 Å². The summed E-state index contributed by atoms with van der Waals surface area (Å²) in [6, 6.07) is 9.26. The Hall–Kier alpha value is -1.02. The molecule has 0 aliphatic heterocycles. The minimum atomic E-state index is 0.652. The molecule has 116 valence electrons. The average molecular weight is 287 g/mol. The van der Waals surface area contributed by atoms with Crippen molar-refractivity contribution in [1.82, 2.24) is 0 Å². The number of anilines is 1. The third-order valence-corrected chi connectivity index (χ3v) is 5.55. The second-order valence-corrected chi connectivity index (χ2v) is 6.92. The summed E-state index contributed by atoms with van der Waals surface area (Å²) in [6.45, 7) is 3.55. The fourth-order valence-corrected chi connectivity index (χ4v) is 4.22. The fourth-order valence-electron chi connectivity index (χ4n) is 4.22. The molecule has 1 N–H and O–H groups in total. The Balaban J connectivity index is 1.57. The zero-order chi connectivity index (χ0) is 14.5. The van der Waals surface area contributed by atoms with E-state index in [1.54, 1.807) is 0 Å². The van der Waals surface area contributed by atoms with E-state index in [-0.39, 0.29) is 0 Å². The number of nitrogens with one attached hydrogen (secondary N) is 1. The molecule has 0 amide bonds. The van der Waals surface area contributed by atoms with E-state index in [4.69, 9.17) is 4.74 Å². The molecule has 2 nitrogen and oxygen atoms in total. The molecule has 2 saturated carbocycles. The standard InChI is InChI=1S/C19H29NO/c1-2-21-15-16-7-3-4-8-18(16)20-17-9-13-19(14-10-17)11-5-6-12-19/h3-4,7-8,17,20H,2,5-6,9-15H2,1H3. The Morgan fingerprint density at radius 1 is 1.10 bits per heavy atom. The second-order valence-electron chi connectivity index (χ2n) is 6.92. The molecule has 2 fully saturated rings. The van der Waals surface area contributed by atoms with Gasteiger partial charge in [0.1, 0.15) is 0 Å². The minimum Gasteiger partial charge on any atom is -0.382 e. The first kappa shape index (κ1) is 14.9. The van der Waals surface area contributed by atoms with Crippen molar-refractivity contribution in [1.29, 1.82) is 0 Å². The predicted molar refractivity (Wildman–Crippen MR) is 88.6 cm³/mol. The molecule has 0 atom stereocenters. The lowest BCUT2D eigenvalue weighted by Crippen LogP contribution is -2.32. The molecule has 0 bridgehead atoms. The van der Waals surface area contributed by atoms with Crippen LogP contribution in [0.1, 0.15) is 63.9 Å². The minimum absolute atomic E-state index is 0.652. The van der Waals surface area contributed by atoms with Crippen molar-refractivity contribution >= 4 is 5.69 Å². The van der Waals surface area contributed by atoms with Crippen molar-refractivity contribution in [3.8, 4) is 0 Å². The Kier molecular flexibility index (Phi) is 4.84. The van der Waals surface area contributed by atoms with Gasteiger partial charge in [0.2, 0.25) is 0 Å². The maximum atomic E-state index is 5.59. The monoisotopic (exact) mass is 287 g/mol. The van der Waals surface area contributed by atoms with Crippen LogP contribution in [0.2, 0.25) is 0 Å². The highest BCUT2D eigenvalue weighted by Gasteiger charge is 2.37. The van der Waals surface area contributed by atoms with Crippen LogP contribution in [0.5, 0.6) is 0 Å². The van der Waals surface area contributed by atoms with Crippen LogP contribution in [-0.4, -0.2) is 12.6 Å². The number of hydrogen-bond donors (Lipinski definition) is 1. The van der Waals surface area contributed by atoms with Crippen molar-refractivity contribution in [3.05, 3.63) is 29.8 Å². The third kappa shape index (κ3) is 3.60. The zero-order valence-electron chi connectivity index (χ0n) is 13.4. The largest absolute Gasteiger partial charge is 0.382 e. The van der Waals surface area contributed by atoms with Crippen LogP contribution >= 0.6 is 0 Å². The Bertz CT molecular complexity index is 441. The Labute approximate surface area is 129 Å². The summed E-state index contributed by atoms with van der Waals surface area (Å²) in [7, 11) is 0. The van der Waals surface area contributed by atoms with E-state index >= 15 is 0 Å². The summed E-state index contributed by atoms with van der Waals surface area (Å²) in [5.74, 6) is 0. The summed E-state index contributed by atoms with van der Waals surface area (Å²) < 4.78 is 5.59. The van der Waals surface area contributed by atoms with Crippen molar-refractivity contribution in [2.24, 2.45) is 5.41 Å². The summed E-state index contributed by atoms with van der Waals surface area (Å²) in [4.78, 5) is 0. The zero-order valence-corrected chi connectivity index (χ0v) is 13.4. The van der Waals surface area contributed by atoms with Crippen LogP contribution in [0.15, 0.2) is 24.3 Å². The normalized spacial score (nSPS) is 21.8. The molecule has 1 aromatic carbocycles. The lowest BCUT2D eigenvalue weighted by molar-refractivity contribution is 0.134. The van der Waals surface area contributed by atoms with Gasteiger partial charge in [-0.3, -0.25) is 0 Å². The van der Waals surface area contributed by atoms with Gasteiger partial charge in [0.05, 0.1) is 6.61 Å². The average Bonchev–Trinajstić information content (AvgIpc) is 2.97. The van der Waals surface area contributed by atoms with Gasteiger partial charge in [-0.1, -0.05) is 31.0 Å². The van der Waals surface area contributed by atoms with Gasteiger partial charge >= 0.3 is 0 Å². The number of ether oxygens (including phenoxy) is 1. The molecular weight excluding hydrogens is 258 g/mol. The van der Waals surface area contributed by atoms with Crippen molar-refractivity contribution < 1.29 is 4.74 Å². The highest BCUT2D eigenvalue weighted by Crippen LogP contribution is 2.49. The molecule has 3 rings (SSSR count). The fraction of sp³-hybridized carbons (Fsp3) is 0.684. The second kappa shape index (κ2) is 6.83. The van der Waals surface area contributed by atoms with Gasteiger partial charge in [-0.25, -0.2) is 0 Å². The van der Waals surface area contributed by atoms with Crippen LogP contribution in [0.4, 0.5) is 5.69 Å². The van der Waals surface area contributed by atoms with Gasteiger partial charge in [-0.05, 0) is 56.9 Å². The maximum Gasteiger partial charge on any atom is 0.0736 e. The summed E-state index contributed by atoms with van der Waals surface area (Å²) in [6.07, 6.45) is 11.4. The van der Waals surface area contributed by atoms with Gasteiger partial charge in [0.25, 0.3) is 0 Å². The molecule has 0 aromatic heterocycles. The molecule has 0 unspecified atom stereocenters. The van der Waals surface area contributed by atoms with Crippen LogP contribution in [0.3, 0.4) is 0 Å². The highest BCUT2D eigenvalue weighted by atomic mass is 16.5. The van der Waals surface area contributed by atoms with E-state index < -0.39 is 0 Å². The van der Waals surface area contributed by atoms with Crippen molar-refractivity contribution in [2.45, 2.75) is 70.9 Å². The first-order valence-electron chi connectivity index (χ1n) is 8.73. The van der Waals surface area contributed by atoms with Gasteiger partial charge < -0.3 is 10.1 Å². The third-order valence-electron chi connectivity index (χ3n) is 5.55. The van der Waals surface area contributed by atoms with E-state index in [0.717, 1.165) is 18.6 Å². The lowest BCUT2D eigenvalue weighted by atomic mass is 9.71. The number of para-hydroxylation sites is 1. The molecule has 21 heavy (non-hydrogen) atoms. The summed E-state index contributed by atoms with van der Waals surface area (Å²) in [5, 5.41) is 3.78. The first-order valence-corrected chi connectivity index (χ1v) is 8.73. The van der Waals surface area contributed by atoms with Crippen LogP contribution in [-0.2, 0) is 11.3 Å². The topological polar surface area (TPSA) is 21.3 Å². The molecule has 0 radical (unpaired) electrons. The van der Waals surface area contributed by atoms with Crippen molar-refractivity contribution in [2.75, 3.05) is 11.9 Å². The SMILES string of the molecule is CCOCc1ccccc1NC1CCC2(CCCC2)CC1. The van der Waals surface area contributed by atoms with Gasteiger partial charge in [0.15, 0.2) is 0 Å². The molecule has 0 saturated heterocycles. The molecule has 2 heteroatoms. The Morgan fingerprint density at radius 2 is 1.81 bits per heavy atom. The summed E-state index contributed by atoms with van der Waals surface area (Å²) in [5.41, 5.74) is 3.29. The summed E-state index contributed by atoms with van der Waals surface area (Å²) >= 11 is 0. The van der Waals surface area contributed by atoms with Crippen molar-refractivity contribution in [3.63, 3.8) is 0 Å². The van der Waals surface area contributed by atoms with E-state index in [2.05, 4.69) is 36.5 Å². The molecule has 1 aromatic rings. The van der Waals surface area contributed by atoms with Gasteiger partial charge in [-0.15, -0.1) is 0 Å². The Morgan fingerprint density at radius 3 is 2.52 bits per heavy atom. The van der Waals surface area contributed by atoms with E-state index in [1.165, 1.54) is 62.6 Å². The number of hydrogen-bond acceptors (Lipinski definition) is 2. The van der Waals surface area contributed by atoms with E-state index in [0.29, 0.717) is 6.04 Å². The molecule has 2 aliphatic rings. The van der Waals surface area contributed by atoms with Crippen LogP contribution < -0.4 is 5.32 Å². The number of benzene rings is 1. The maximum absolute atomic E-state index is 5.59. The van der Waals surface area contributed by atoms with E-state index in [1.807, 2.05) is 0 Å². The number of rotatable bonds is 5. The molecule has 0 heterocycles. The van der Waals surface area contributed by atoms with Gasteiger partial charge in [-0.2, -0.15) is 0 Å². The molecule has 1 spiro atoms. The predicted octanol–water partition coefficient (Wildman–Crippen LogP) is 5.14.